The Balaban J connectivity index is 2.22. The monoisotopic (exact) mass is 358 g/mol. The van der Waals surface area contributed by atoms with Gasteiger partial charge < -0.3 is 11.1 Å². The standard InChI is InChI=1S/C10H8Br2N4O/c11-5-1-2-8(7(12)3-5)15-10(17)6-4-14-16-9(6)13/h1-4H,(H,15,17)(H3,13,14,16). The van der Waals surface area contributed by atoms with E-state index in [1.807, 2.05) is 12.1 Å². The van der Waals surface area contributed by atoms with Gasteiger partial charge in [-0.2, -0.15) is 5.10 Å². The van der Waals surface area contributed by atoms with Gasteiger partial charge >= 0.3 is 0 Å². The third-order valence-corrected chi connectivity index (χ3v) is 3.24. The van der Waals surface area contributed by atoms with Gasteiger partial charge in [0.1, 0.15) is 11.4 Å². The number of hydrogen-bond acceptors (Lipinski definition) is 3. The Morgan fingerprint density at radius 3 is 2.76 bits per heavy atom. The van der Waals surface area contributed by atoms with Gasteiger partial charge in [-0.25, -0.2) is 0 Å². The Morgan fingerprint density at radius 1 is 1.41 bits per heavy atom. The molecule has 0 fully saturated rings. The first-order valence-electron chi connectivity index (χ1n) is 4.63. The molecule has 0 spiro atoms. The number of halogens is 2. The van der Waals surface area contributed by atoms with E-state index in [4.69, 9.17) is 5.73 Å². The zero-order valence-corrected chi connectivity index (χ0v) is 11.7. The molecule has 0 aliphatic rings. The van der Waals surface area contributed by atoms with Gasteiger partial charge in [0, 0.05) is 8.95 Å². The largest absolute Gasteiger partial charge is 0.383 e. The summed E-state index contributed by atoms with van der Waals surface area (Å²) in [6.45, 7) is 0. The number of anilines is 2. The smallest absolute Gasteiger partial charge is 0.261 e. The number of carbonyl (C=O) groups excluding carboxylic acids is 1. The number of aromatic amines is 1. The lowest BCUT2D eigenvalue weighted by molar-refractivity contribution is 0.102. The van der Waals surface area contributed by atoms with Crippen LogP contribution in [-0.4, -0.2) is 16.1 Å². The summed E-state index contributed by atoms with van der Waals surface area (Å²) < 4.78 is 1.70. The van der Waals surface area contributed by atoms with Crippen LogP contribution in [0.3, 0.4) is 0 Å². The Bertz CT molecular complexity index is 567. The topological polar surface area (TPSA) is 83.8 Å². The molecule has 1 heterocycles. The third-order valence-electron chi connectivity index (χ3n) is 2.09. The van der Waals surface area contributed by atoms with Gasteiger partial charge in [0.25, 0.3) is 5.91 Å². The van der Waals surface area contributed by atoms with E-state index >= 15 is 0 Å². The molecule has 2 rings (SSSR count). The zero-order chi connectivity index (χ0) is 12.4. The molecule has 17 heavy (non-hydrogen) atoms. The van der Waals surface area contributed by atoms with Gasteiger partial charge in [0.2, 0.25) is 0 Å². The number of nitrogens with one attached hydrogen (secondary N) is 2. The summed E-state index contributed by atoms with van der Waals surface area (Å²) in [6.07, 6.45) is 1.39. The van der Waals surface area contributed by atoms with Crippen molar-refractivity contribution >= 4 is 49.3 Å². The average Bonchev–Trinajstić information content (AvgIpc) is 2.68. The summed E-state index contributed by atoms with van der Waals surface area (Å²) in [5.74, 6) is -0.0602. The lowest BCUT2D eigenvalue weighted by Crippen LogP contribution is -2.13. The molecule has 2 aromatic rings. The van der Waals surface area contributed by atoms with Crippen molar-refractivity contribution in [2.45, 2.75) is 0 Å². The van der Waals surface area contributed by atoms with E-state index in [-0.39, 0.29) is 11.7 Å². The van der Waals surface area contributed by atoms with E-state index in [1.165, 1.54) is 6.20 Å². The molecular weight excluding hydrogens is 352 g/mol. The fraction of sp³-hybridized carbons (Fsp3) is 0. The van der Waals surface area contributed by atoms with E-state index in [2.05, 4.69) is 47.4 Å². The Kier molecular flexibility index (Phi) is 3.49. The molecule has 0 unspecified atom stereocenters. The maximum absolute atomic E-state index is 11.8. The summed E-state index contributed by atoms with van der Waals surface area (Å²) >= 11 is 6.69. The van der Waals surface area contributed by atoms with Crippen LogP contribution in [0.5, 0.6) is 0 Å². The van der Waals surface area contributed by atoms with Crippen LogP contribution in [-0.2, 0) is 0 Å². The number of benzene rings is 1. The SMILES string of the molecule is Nc1[nH]ncc1C(=O)Nc1ccc(Br)cc1Br. The summed E-state index contributed by atoms with van der Waals surface area (Å²) in [5.41, 5.74) is 6.54. The molecule has 0 saturated carbocycles. The van der Waals surface area contributed by atoms with Gasteiger partial charge in [-0.05, 0) is 34.1 Å². The minimum atomic E-state index is -0.306. The number of aromatic nitrogens is 2. The second-order valence-electron chi connectivity index (χ2n) is 3.28. The predicted octanol–water partition coefficient (Wildman–Crippen LogP) is 2.77. The number of nitrogen functional groups attached to an aromatic ring is 1. The molecular formula is C10H8Br2N4O. The van der Waals surface area contributed by atoms with E-state index < -0.39 is 0 Å². The number of nitrogens with two attached hydrogens (primary N) is 1. The first-order valence-corrected chi connectivity index (χ1v) is 6.22. The first kappa shape index (κ1) is 12.1. The third kappa shape index (κ3) is 2.67. The molecule has 7 heteroatoms. The van der Waals surface area contributed by atoms with Gasteiger partial charge in [-0.3, -0.25) is 9.89 Å². The van der Waals surface area contributed by atoms with Crippen LogP contribution in [0.2, 0.25) is 0 Å². The van der Waals surface area contributed by atoms with E-state index in [9.17, 15) is 4.79 Å². The summed E-state index contributed by atoms with van der Waals surface area (Å²) in [7, 11) is 0. The highest BCUT2D eigenvalue weighted by Crippen LogP contribution is 2.26. The molecule has 4 N–H and O–H groups in total. The first-order chi connectivity index (χ1) is 8.08. The van der Waals surface area contributed by atoms with Crippen LogP contribution in [0, 0.1) is 0 Å². The number of carbonyl (C=O) groups is 1. The molecule has 0 aliphatic carbocycles. The Hall–Kier alpha value is -1.34. The van der Waals surface area contributed by atoms with Gasteiger partial charge in [-0.1, -0.05) is 15.9 Å². The molecule has 1 aromatic heterocycles. The van der Waals surface area contributed by atoms with Crippen molar-refractivity contribution in [1.29, 1.82) is 0 Å². The van der Waals surface area contributed by atoms with Crippen molar-refractivity contribution in [3.05, 3.63) is 38.9 Å². The van der Waals surface area contributed by atoms with Crippen molar-refractivity contribution in [2.75, 3.05) is 11.1 Å². The molecule has 0 saturated heterocycles. The maximum Gasteiger partial charge on any atom is 0.261 e. The average molecular weight is 360 g/mol. The molecule has 5 nitrogen and oxygen atoms in total. The fourth-order valence-corrected chi connectivity index (χ4v) is 2.40. The normalized spacial score (nSPS) is 10.2. The number of nitrogens with zero attached hydrogens (tertiary/aromatic N) is 1. The highest BCUT2D eigenvalue weighted by Gasteiger charge is 2.12. The highest BCUT2D eigenvalue weighted by molar-refractivity contribution is 9.11. The Morgan fingerprint density at radius 2 is 2.18 bits per heavy atom. The van der Waals surface area contributed by atoms with Gasteiger partial charge in [0.05, 0.1) is 11.9 Å². The van der Waals surface area contributed by atoms with Crippen LogP contribution in [0.1, 0.15) is 10.4 Å². The van der Waals surface area contributed by atoms with Gasteiger partial charge in [0.15, 0.2) is 0 Å². The predicted molar refractivity (Wildman–Crippen MR) is 72.8 cm³/mol. The number of H-pyrrole nitrogens is 1. The second-order valence-corrected chi connectivity index (χ2v) is 5.05. The van der Waals surface area contributed by atoms with E-state index in [0.29, 0.717) is 11.3 Å². The minimum absolute atomic E-state index is 0.246. The van der Waals surface area contributed by atoms with Crippen molar-refractivity contribution < 1.29 is 4.79 Å². The van der Waals surface area contributed by atoms with Crippen molar-refractivity contribution in [1.82, 2.24) is 10.2 Å². The number of rotatable bonds is 2. The molecule has 1 amide bonds. The highest BCUT2D eigenvalue weighted by atomic mass is 79.9. The van der Waals surface area contributed by atoms with Crippen LogP contribution in [0.4, 0.5) is 11.5 Å². The number of amides is 1. The van der Waals surface area contributed by atoms with Crippen LogP contribution in [0.15, 0.2) is 33.3 Å². The lowest BCUT2D eigenvalue weighted by atomic mass is 10.2. The summed E-state index contributed by atoms with van der Waals surface area (Å²) in [5, 5.41) is 8.93. The molecule has 0 aliphatic heterocycles. The molecule has 88 valence electrons. The van der Waals surface area contributed by atoms with E-state index in [1.54, 1.807) is 6.07 Å². The zero-order valence-electron chi connectivity index (χ0n) is 8.50. The van der Waals surface area contributed by atoms with Crippen LogP contribution in [0.25, 0.3) is 0 Å². The maximum atomic E-state index is 11.8. The Labute approximate surface area is 114 Å². The van der Waals surface area contributed by atoms with Crippen LogP contribution >= 0.6 is 31.9 Å². The van der Waals surface area contributed by atoms with E-state index in [0.717, 1.165) is 8.95 Å². The lowest BCUT2D eigenvalue weighted by Gasteiger charge is -2.06. The van der Waals surface area contributed by atoms with Gasteiger partial charge in [-0.15, -0.1) is 0 Å². The van der Waals surface area contributed by atoms with Crippen molar-refractivity contribution in [3.8, 4) is 0 Å². The minimum Gasteiger partial charge on any atom is -0.383 e. The van der Waals surface area contributed by atoms with Crippen molar-refractivity contribution in [2.24, 2.45) is 0 Å². The number of hydrogen-bond donors (Lipinski definition) is 3. The molecule has 0 atom stereocenters. The fourth-order valence-electron chi connectivity index (χ4n) is 1.26. The second kappa shape index (κ2) is 4.89. The quantitative estimate of drug-likeness (QED) is 0.770. The summed E-state index contributed by atoms with van der Waals surface area (Å²) in [6, 6.07) is 5.45. The summed E-state index contributed by atoms with van der Waals surface area (Å²) in [4.78, 5) is 11.8. The van der Waals surface area contributed by atoms with Crippen molar-refractivity contribution in [3.63, 3.8) is 0 Å². The molecule has 0 bridgehead atoms. The molecule has 1 aromatic carbocycles. The molecule has 0 radical (unpaired) electrons. The van der Waals surface area contributed by atoms with Crippen LogP contribution < -0.4 is 11.1 Å².